The Morgan fingerprint density at radius 2 is 1.55 bits per heavy atom. The molecule has 1 saturated heterocycles. The Kier molecular flexibility index (Phi) is 13.8. The summed E-state index contributed by atoms with van der Waals surface area (Å²) in [5, 5.41) is 40.3. The van der Waals surface area contributed by atoms with Crippen LogP contribution in [0.2, 0.25) is 0 Å². The van der Waals surface area contributed by atoms with Crippen LogP contribution in [0.5, 0.6) is 5.75 Å². The Hall–Kier alpha value is -6.41. The molecule has 0 saturated carbocycles. The number of nitrogens with zero attached hydrogens (tertiary/aromatic N) is 1. The number of carbonyl (C=O) groups excluding carboxylic acids is 2. The average molecular weight is 877 g/mol. The third-order valence-corrected chi connectivity index (χ3v) is 13.3. The monoisotopic (exact) mass is 876 g/mol. The molecule has 1 fully saturated rings. The van der Waals surface area contributed by atoms with Gasteiger partial charge in [0.15, 0.2) is 0 Å². The number of aliphatic hydroxyl groups excluding tert-OH is 1. The van der Waals surface area contributed by atoms with Crippen LogP contribution in [-0.4, -0.2) is 62.8 Å². The van der Waals surface area contributed by atoms with Crippen molar-refractivity contribution in [3.63, 3.8) is 0 Å². The summed E-state index contributed by atoms with van der Waals surface area (Å²) in [7, 11) is 0. The number of aromatic nitrogens is 1. The van der Waals surface area contributed by atoms with Gasteiger partial charge in [-0.2, -0.15) is 0 Å². The first-order valence-corrected chi connectivity index (χ1v) is 22.4. The fourth-order valence-electron chi connectivity index (χ4n) is 8.44. The van der Waals surface area contributed by atoms with Gasteiger partial charge in [0.05, 0.1) is 18.2 Å². The van der Waals surface area contributed by atoms with Crippen molar-refractivity contribution in [1.82, 2.24) is 20.5 Å². The number of phenols is 1. The van der Waals surface area contributed by atoms with E-state index in [1.807, 2.05) is 61.5 Å². The largest absolute Gasteiger partial charge is 0.506 e. The first-order valence-electron chi connectivity index (χ1n) is 21.6. The highest BCUT2D eigenvalue weighted by Crippen LogP contribution is 2.37. The van der Waals surface area contributed by atoms with Crippen LogP contribution in [0.4, 0.5) is 0 Å². The van der Waals surface area contributed by atoms with Gasteiger partial charge in [0, 0.05) is 52.0 Å². The van der Waals surface area contributed by atoms with Gasteiger partial charge in [0.25, 0.3) is 5.91 Å². The van der Waals surface area contributed by atoms with E-state index < -0.39 is 17.7 Å². The van der Waals surface area contributed by atoms with Crippen molar-refractivity contribution in [2.45, 2.75) is 57.2 Å². The van der Waals surface area contributed by atoms with Gasteiger partial charge in [-0.1, -0.05) is 97.1 Å². The minimum absolute atomic E-state index is 0.0655. The molecule has 328 valence electrons. The molecule has 1 aliphatic rings. The predicted octanol–water partition coefficient (Wildman–Crippen LogP) is 7.80. The van der Waals surface area contributed by atoms with Crippen LogP contribution in [0.1, 0.15) is 68.9 Å². The van der Waals surface area contributed by atoms with Crippen LogP contribution in [-0.2, 0) is 34.8 Å². The zero-order valence-electron chi connectivity index (χ0n) is 35.6. The quantitative estimate of drug-likeness (QED) is 0.0532. The lowest BCUT2D eigenvalue weighted by atomic mass is 9.85. The van der Waals surface area contributed by atoms with Gasteiger partial charge in [-0.25, -0.2) is 4.79 Å². The standard InChI is InChI=1S/C52H52N4O7S/c1-34(37-25-27-56(28-26-37)33-36-9-4-2-5-10-36)63-51(61)52(62,40-12-6-3-7-13-40)41-14-8-11-39(29-41)47-23-19-42(64-47)31-54-50(60)38-17-15-35(16-18-38)30-53-32-46(58)43-20-22-45(57)49-44(43)21-24-48(59)55-49/h2-24,29,34,37,46,53,57-58,62H,25-28,30-33H2,1H3,(H,54,60)(H,55,59)/t34-,46+,52?/m1/s1. The summed E-state index contributed by atoms with van der Waals surface area (Å²) in [6.07, 6.45) is 0.527. The number of pyridine rings is 1. The molecule has 1 unspecified atom stereocenters. The molecule has 3 atom stereocenters. The predicted molar refractivity (Wildman–Crippen MR) is 250 cm³/mol. The number of esters is 1. The van der Waals surface area contributed by atoms with Gasteiger partial charge < -0.3 is 35.7 Å². The Bertz CT molecular complexity index is 2750. The van der Waals surface area contributed by atoms with Crippen molar-refractivity contribution in [2.75, 3.05) is 19.6 Å². The first-order chi connectivity index (χ1) is 31.0. The summed E-state index contributed by atoms with van der Waals surface area (Å²) in [6, 6.07) is 43.9. The van der Waals surface area contributed by atoms with Crippen LogP contribution in [0.3, 0.4) is 0 Å². The maximum atomic E-state index is 14.2. The first kappa shape index (κ1) is 44.2. The molecule has 3 heterocycles. The lowest BCUT2D eigenvalue weighted by Gasteiger charge is -2.36. The molecule has 11 nitrogen and oxygen atoms in total. The number of likely N-dealkylation sites (tertiary alicyclic amines) is 1. The minimum atomic E-state index is -2.03. The summed E-state index contributed by atoms with van der Waals surface area (Å²) in [4.78, 5) is 46.0. The maximum Gasteiger partial charge on any atom is 0.347 e. The number of aliphatic hydroxyl groups is 2. The molecule has 6 N–H and O–H groups in total. The zero-order valence-corrected chi connectivity index (χ0v) is 36.4. The number of carbonyl (C=O) groups is 2. The van der Waals surface area contributed by atoms with E-state index in [9.17, 15) is 29.7 Å². The van der Waals surface area contributed by atoms with Crippen molar-refractivity contribution in [2.24, 2.45) is 5.92 Å². The number of aromatic amines is 1. The van der Waals surface area contributed by atoms with Gasteiger partial charge in [0.1, 0.15) is 11.9 Å². The molecule has 1 aliphatic heterocycles. The third kappa shape index (κ3) is 10.2. The highest BCUT2D eigenvalue weighted by Gasteiger charge is 2.43. The van der Waals surface area contributed by atoms with Crippen LogP contribution in [0, 0.1) is 5.92 Å². The molecule has 0 radical (unpaired) electrons. The number of aromatic hydroxyl groups is 1. The fraction of sp³-hybridized carbons (Fsp3) is 0.250. The molecule has 12 heteroatoms. The second-order valence-electron chi connectivity index (χ2n) is 16.4. The molecular formula is C52H52N4O7S. The molecule has 8 rings (SSSR count). The Balaban J connectivity index is 0.860. The summed E-state index contributed by atoms with van der Waals surface area (Å²) < 4.78 is 6.15. The normalized spacial score (nSPS) is 15.3. The fourth-order valence-corrected chi connectivity index (χ4v) is 9.38. The number of fused-ring (bicyclic) bond motifs is 1. The van der Waals surface area contributed by atoms with Gasteiger partial charge in [-0.3, -0.25) is 14.5 Å². The second kappa shape index (κ2) is 20.0. The lowest BCUT2D eigenvalue weighted by molar-refractivity contribution is -0.170. The minimum Gasteiger partial charge on any atom is -0.506 e. The number of amides is 1. The van der Waals surface area contributed by atoms with Gasteiger partial charge in [0.2, 0.25) is 11.2 Å². The van der Waals surface area contributed by atoms with Crippen molar-refractivity contribution in [3.8, 4) is 16.2 Å². The van der Waals surface area contributed by atoms with E-state index >= 15 is 0 Å². The summed E-state index contributed by atoms with van der Waals surface area (Å²) in [6.45, 7) is 5.64. The number of hydrogen-bond donors (Lipinski definition) is 6. The third-order valence-electron chi connectivity index (χ3n) is 12.1. The van der Waals surface area contributed by atoms with E-state index in [4.69, 9.17) is 4.74 Å². The molecule has 7 aromatic rings. The van der Waals surface area contributed by atoms with E-state index in [-0.39, 0.29) is 41.3 Å². The van der Waals surface area contributed by atoms with Crippen LogP contribution in [0.25, 0.3) is 21.3 Å². The van der Waals surface area contributed by atoms with E-state index in [0.717, 1.165) is 53.4 Å². The van der Waals surface area contributed by atoms with E-state index in [1.165, 1.54) is 29.0 Å². The average Bonchev–Trinajstić information content (AvgIpc) is 3.81. The second-order valence-corrected chi connectivity index (χ2v) is 17.6. The number of rotatable bonds is 16. The molecule has 0 bridgehead atoms. The van der Waals surface area contributed by atoms with Gasteiger partial charge in [-0.15, -0.1) is 11.3 Å². The number of thiophene rings is 1. The van der Waals surface area contributed by atoms with Crippen LogP contribution < -0.4 is 16.2 Å². The molecule has 64 heavy (non-hydrogen) atoms. The molecular weight excluding hydrogens is 825 g/mol. The molecule has 5 aromatic carbocycles. The SMILES string of the molecule is C[C@@H](OC(=O)C(O)(c1ccccc1)c1cccc(-c2ccc(CNC(=O)c3ccc(CNC[C@H](O)c4ccc(O)c5[nH]c(=O)ccc45)cc3)s2)c1)C1CCN(Cc2ccccc2)CC1. The summed E-state index contributed by atoms with van der Waals surface area (Å²) in [5.74, 6) is -0.808. The number of benzene rings is 5. The summed E-state index contributed by atoms with van der Waals surface area (Å²) >= 11 is 1.52. The number of phenolic OH excluding ortho intramolecular Hbond substituents is 1. The van der Waals surface area contributed by atoms with Gasteiger partial charge >= 0.3 is 5.97 Å². The molecule has 0 spiro atoms. The van der Waals surface area contributed by atoms with Crippen LogP contribution in [0.15, 0.2) is 150 Å². The highest BCUT2D eigenvalue weighted by molar-refractivity contribution is 7.15. The Morgan fingerprint density at radius 3 is 2.30 bits per heavy atom. The molecule has 2 aromatic heterocycles. The molecule has 1 amide bonds. The Morgan fingerprint density at radius 1 is 0.828 bits per heavy atom. The van der Waals surface area contributed by atoms with Crippen molar-refractivity contribution in [3.05, 3.63) is 194 Å². The number of hydrogen-bond acceptors (Lipinski definition) is 10. The number of nitrogens with one attached hydrogen (secondary N) is 3. The van der Waals surface area contributed by atoms with Crippen molar-refractivity contribution < 1.29 is 29.6 Å². The number of H-pyrrole nitrogens is 1. The number of ether oxygens (including phenoxy) is 1. The maximum absolute atomic E-state index is 14.2. The Labute approximate surface area is 376 Å². The number of piperidine rings is 1. The van der Waals surface area contributed by atoms with Gasteiger partial charge in [-0.05, 0) is 109 Å². The van der Waals surface area contributed by atoms with E-state index in [0.29, 0.717) is 40.7 Å². The molecule has 0 aliphatic carbocycles. The topological polar surface area (TPSA) is 164 Å². The zero-order chi connectivity index (χ0) is 44.6. The van der Waals surface area contributed by atoms with Crippen LogP contribution >= 0.6 is 11.3 Å². The van der Waals surface area contributed by atoms with Crippen molar-refractivity contribution in [1.29, 1.82) is 0 Å². The van der Waals surface area contributed by atoms with Crippen molar-refractivity contribution >= 4 is 34.1 Å². The summed E-state index contributed by atoms with van der Waals surface area (Å²) in [5.41, 5.74) is 2.86. The lowest BCUT2D eigenvalue weighted by Crippen LogP contribution is -2.43. The van der Waals surface area contributed by atoms with E-state index in [2.05, 4.69) is 44.8 Å². The highest BCUT2D eigenvalue weighted by atomic mass is 32.1. The van der Waals surface area contributed by atoms with E-state index in [1.54, 1.807) is 54.6 Å². The smallest absolute Gasteiger partial charge is 0.347 e.